The SMILES string of the molecule is C=C(F)C(=O)N1CCN(c2nc(CC[C@@H]3CCCN3C)nc3c2C[C@H](C)[C@@H](c2c(F)c(N)cc(C)c2C(F)(F)F)C3)C[C@@H]1CC#N. The van der Waals surface area contributed by atoms with Crippen LogP contribution in [0.3, 0.4) is 0 Å². The number of carbonyl (C=O) groups excluding carboxylic acids is 1. The molecule has 1 aromatic carbocycles. The molecule has 13 heteroatoms. The van der Waals surface area contributed by atoms with Crippen LogP contribution in [0.5, 0.6) is 0 Å². The number of hydrogen-bond donors (Lipinski definition) is 1. The van der Waals surface area contributed by atoms with E-state index < -0.39 is 52.7 Å². The van der Waals surface area contributed by atoms with Crippen molar-refractivity contribution in [1.82, 2.24) is 19.8 Å². The number of nitrogen functional groups attached to an aromatic ring is 1. The first kappa shape index (κ1) is 33.6. The van der Waals surface area contributed by atoms with Crippen molar-refractivity contribution in [2.24, 2.45) is 5.92 Å². The number of amides is 1. The Balaban J connectivity index is 1.56. The Hall–Kier alpha value is -3.79. The molecule has 4 atom stereocenters. The van der Waals surface area contributed by atoms with E-state index in [4.69, 9.17) is 15.7 Å². The number of aryl methyl sites for hydroxylation is 2. The number of nitrogens with zero attached hydrogens (tertiary/aromatic N) is 6. The highest BCUT2D eigenvalue weighted by molar-refractivity contribution is 5.91. The molecule has 46 heavy (non-hydrogen) atoms. The number of hydrogen-bond acceptors (Lipinski definition) is 7. The maximum atomic E-state index is 15.6. The second kappa shape index (κ2) is 13.1. The number of alkyl halides is 3. The summed E-state index contributed by atoms with van der Waals surface area (Å²) >= 11 is 0. The minimum atomic E-state index is -4.78. The van der Waals surface area contributed by atoms with E-state index >= 15 is 4.39 Å². The molecule has 248 valence electrons. The number of carbonyl (C=O) groups is 1. The monoisotopic (exact) mass is 645 g/mol. The molecular formula is C33H40F5N7O. The van der Waals surface area contributed by atoms with Gasteiger partial charge in [0.05, 0.1) is 35.5 Å². The fraction of sp³-hybridized carbons (Fsp3) is 0.576. The molecule has 2 N–H and O–H groups in total. The summed E-state index contributed by atoms with van der Waals surface area (Å²) in [5.41, 5.74) is 5.31. The van der Waals surface area contributed by atoms with E-state index in [9.17, 15) is 27.6 Å². The summed E-state index contributed by atoms with van der Waals surface area (Å²) in [7, 11) is 2.07. The van der Waals surface area contributed by atoms with Gasteiger partial charge in [-0.3, -0.25) is 4.79 Å². The molecule has 2 saturated heterocycles. The summed E-state index contributed by atoms with van der Waals surface area (Å²) in [5.74, 6) is -3.13. The number of nitriles is 1. The van der Waals surface area contributed by atoms with Crippen LogP contribution in [0.25, 0.3) is 0 Å². The van der Waals surface area contributed by atoms with Gasteiger partial charge in [-0.2, -0.15) is 18.4 Å². The third kappa shape index (κ3) is 6.54. The molecular weight excluding hydrogens is 605 g/mol. The number of piperazine rings is 1. The number of rotatable bonds is 7. The average Bonchev–Trinajstić information content (AvgIpc) is 3.40. The fourth-order valence-corrected chi connectivity index (χ4v) is 7.54. The van der Waals surface area contributed by atoms with Gasteiger partial charge in [0.25, 0.3) is 5.91 Å². The number of anilines is 2. The summed E-state index contributed by atoms with van der Waals surface area (Å²) in [5, 5.41) is 9.49. The van der Waals surface area contributed by atoms with Gasteiger partial charge in [-0.1, -0.05) is 13.5 Å². The Bertz CT molecular complexity index is 1550. The molecule has 0 unspecified atom stereocenters. The summed E-state index contributed by atoms with van der Waals surface area (Å²) < 4.78 is 72.5. The number of halogens is 5. The third-order valence-corrected chi connectivity index (χ3v) is 9.90. The topological polar surface area (TPSA) is 102 Å². The zero-order valence-corrected chi connectivity index (χ0v) is 26.4. The molecule has 3 heterocycles. The Morgan fingerprint density at radius 2 is 1.93 bits per heavy atom. The van der Waals surface area contributed by atoms with Crippen molar-refractivity contribution in [3.05, 3.63) is 58.1 Å². The van der Waals surface area contributed by atoms with Gasteiger partial charge in [0.15, 0.2) is 5.83 Å². The van der Waals surface area contributed by atoms with Gasteiger partial charge in [0.1, 0.15) is 17.5 Å². The third-order valence-electron chi connectivity index (χ3n) is 9.90. The Labute approximate surface area is 266 Å². The molecule has 1 amide bonds. The van der Waals surface area contributed by atoms with Crippen molar-refractivity contribution in [3.63, 3.8) is 0 Å². The lowest BCUT2D eigenvalue weighted by molar-refractivity contribution is -0.139. The largest absolute Gasteiger partial charge is 0.417 e. The van der Waals surface area contributed by atoms with Gasteiger partial charge >= 0.3 is 6.18 Å². The molecule has 0 saturated carbocycles. The van der Waals surface area contributed by atoms with Gasteiger partial charge in [0, 0.05) is 43.2 Å². The summed E-state index contributed by atoms with van der Waals surface area (Å²) in [6.45, 7) is 7.86. The Kier molecular flexibility index (Phi) is 9.59. The molecule has 2 aliphatic heterocycles. The maximum Gasteiger partial charge on any atom is 0.417 e. The molecule has 1 aliphatic carbocycles. The van der Waals surface area contributed by atoms with Crippen LogP contribution in [0.2, 0.25) is 0 Å². The standard InChI is InChI=1S/C33H40F5N7O/c1-18-14-24-26(16-23(18)28-29(33(36,37)38)19(2)15-25(40)30(28)35)41-27(8-7-21-6-5-11-43(21)4)42-31(24)44-12-13-45(32(46)20(3)34)22(17-44)9-10-39/h15,18,21-23H,3,5-9,11-14,16-17,40H2,1-2,4H3/t18-,21-,22-,23-/m0/s1. The number of aromatic nitrogens is 2. The fourth-order valence-electron chi connectivity index (χ4n) is 7.54. The summed E-state index contributed by atoms with van der Waals surface area (Å²) in [6.07, 6.45) is -0.976. The van der Waals surface area contributed by atoms with E-state index in [-0.39, 0.29) is 43.6 Å². The second-order valence-electron chi connectivity index (χ2n) is 12.9. The zero-order valence-electron chi connectivity index (χ0n) is 26.4. The predicted molar refractivity (Wildman–Crippen MR) is 164 cm³/mol. The van der Waals surface area contributed by atoms with Crippen LogP contribution in [-0.4, -0.2) is 71.0 Å². The van der Waals surface area contributed by atoms with Gasteiger partial charge < -0.3 is 20.4 Å². The first-order valence-corrected chi connectivity index (χ1v) is 15.7. The van der Waals surface area contributed by atoms with E-state index in [0.29, 0.717) is 36.3 Å². The highest BCUT2D eigenvalue weighted by Crippen LogP contribution is 2.47. The summed E-state index contributed by atoms with van der Waals surface area (Å²) in [6, 6.07) is 2.85. The van der Waals surface area contributed by atoms with E-state index in [1.165, 1.54) is 11.8 Å². The molecule has 8 nitrogen and oxygen atoms in total. The molecule has 1 aromatic heterocycles. The quantitative estimate of drug-likeness (QED) is 0.242. The summed E-state index contributed by atoms with van der Waals surface area (Å²) in [4.78, 5) is 27.9. The highest BCUT2D eigenvalue weighted by atomic mass is 19.4. The zero-order chi connectivity index (χ0) is 33.5. The van der Waals surface area contributed by atoms with Crippen molar-refractivity contribution < 1.29 is 26.7 Å². The van der Waals surface area contributed by atoms with Crippen LogP contribution in [0.4, 0.5) is 33.5 Å². The van der Waals surface area contributed by atoms with Crippen LogP contribution in [0.1, 0.15) is 72.3 Å². The number of fused-ring (bicyclic) bond motifs is 1. The highest BCUT2D eigenvalue weighted by Gasteiger charge is 2.43. The van der Waals surface area contributed by atoms with Gasteiger partial charge in [-0.15, -0.1) is 0 Å². The van der Waals surface area contributed by atoms with Gasteiger partial charge in [-0.05, 0) is 76.1 Å². The van der Waals surface area contributed by atoms with E-state index in [2.05, 4.69) is 24.6 Å². The van der Waals surface area contributed by atoms with Crippen LogP contribution in [0, 0.1) is 30.0 Å². The maximum absolute atomic E-state index is 15.6. The van der Waals surface area contributed by atoms with Crippen molar-refractivity contribution in [2.75, 3.05) is 43.9 Å². The van der Waals surface area contributed by atoms with Crippen molar-refractivity contribution in [3.8, 4) is 6.07 Å². The van der Waals surface area contributed by atoms with Crippen LogP contribution in [0.15, 0.2) is 18.5 Å². The van der Waals surface area contributed by atoms with Crippen molar-refractivity contribution in [2.45, 2.75) is 83.0 Å². The molecule has 2 fully saturated rings. The predicted octanol–water partition coefficient (Wildman–Crippen LogP) is 5.48. The van der Waals surface area contributed by atoms with Crippen molar-refractivity contribution in [1.29, 1.82) is 5.26 Å². The molecule has 0 spiro atoms. The minimum absolute atomic E-state index is 0.0313. The van der Waals surface area contributed by atoms with E-state index in [1.807, 2.05) is 4.90 Å². The smallest absolute Gasteiger partial charge is 0.396 e. The first-order chi connectivity index (χ1) is 21.7. The van der Waals surface area contributed by atoms with Crippen molar-refractivity contribution >= 4 is 17.4 Å². The second-order valence-corrected chi connectivity index (χ2v) is 12.9. The van der Waals surface area contributed by atoms with E-state index in [1.54, 1.807) is 6.92 Å². The lowest BCUT2D eigenvalue weighted by Crippen LogP contribution is -2.55. The van der Waals surface area contributed by atoms with Gasteiger partial charge in [0.2, 0.25) is 0 Å². The Morgan fingerprint density at radius 1 is 1.20 bits per heavy atom. The molecule has 2 aromatic rings. The van der Waals surface area contributed by atoms with E-state index in [0.717, 1.165) is 37.4 Å². The minimum Gasteiger partial charge on any atom is -0.396 e. The lowest BCUT2D eigenvalue weighted by Gasteiger charge is -2.42. The first-order valence-electron chi connectivity index (χ1n) is 15.7. The number of nitrogens with two attached hydrogens (primary N) is 1. The molecule has 3 aliphatic rings. The number of likely N-dealkylation sites (tertiary alicyclic amines) is 1. The van der Waals surface area contributed by atoms with Crippen LogP contribution >= 0.6 is 0 Å². The molecule has 0 bridgehead atoms. The molecule has 5 rings (SSSR count). The number of benzene rings is 1. The average molecular weight is 646 g/mol. The normalized spacial score (nSPS) is 23.7. The van der Waals surface area contributed by atoms with Crippen LogP contribution < -0.4 is 10.6 Å². The molecule has 0 radical (unpaired) electrons. The van der Waals surface area contributed by atoms with Crippen LogP contribution in [-0.2, 0) is 30.2 Å². The lowest BCUT2D eigenvalue weighted by atomic mass is 9.73. The van der Waals surface area contributed by atoms with Gasteiger partial charge in [-0.25, -0.2) is 18.7 Å². The Morgan fingerprint density at radius 3 is 2.57 bits per heavy atom.